The molecule has 88 valence electrons. The number of piperidine rings is 1. The molecule has 0 saturated carbocycles. The number of thiocyanates is 1. The molecule has 16 heavy (non-hydrogen) atoms. The van der Waals surface area contributed by atoms with Crippen LogP contribution < -0.4 is 0 Å². The van der Waals surface area contributed by atoms with Gasteiger partial charge in [-0.05, 0) is 7.05 Å². The van der Waals surface area contributed by atoms with E-state index in [4.69, 9.17) is 10.4 Å². The highest BCUT2D eigenvalue weighted by molar-refractivity contribution is 8.02. The minimum Gasteiger partial charge on any atom is -0.462 e. The van der Waals surface area contributed by atoms with E-state index in [1.165, 1.54) is 5.40 Å². The molecule has 1 rings (SSSR count). The lowest BCUT2D eigenvalue weighted by Gasteiger charge is -2.19. The lowest BCUT2D eigenvalue weighted by atomic mass is 10.1. The van der Waals surface area contributed by atoms with Crippen LogP contribution in [-0.2, 0) is 4.79 Å². The quantitative estimate of drug-likeness (QED) is 0.426. The molecule has 1 aliphatic rings. The topological polar surface area (TPSA) is 106 Å². The third-order valence-corrected chi connectivity index (χ3v) is 2.00. The van der Waals surface area contributed by atoms with Gasteiger partial charge in [0.15, 0.2) is 5.40 Å². The minimum atomic E-state index is -1.40. The lowest BCUT2D eigenvalue weighted by Crippen LogP contribution is -2.29. The van der Waals surface area contributed by atoms with Crippen LogP contribution >= 0.6 is 11.9 Å². The van der Waals surface area contributed by atoms with Crippen LogP contribution in [0, 0.1) is 10.7 Å². The van der Waals surface area contributed by atoms with Crippen LogP contribution in [0.1, 0.15) is 12.8 Å². The second-order valence-electron chi connectivity index (χ2n) is 2.99. The molecule has 0 aromatic heterocycles. The monoisotopic (exact) mass is 244 g/mol. The Bertz CT molecular complexity index is 303. The number of Topliss-reactive ketones (excluding diaryl/α,β-unsaturated/α-hetero) is 1. The van der Waals surface area contributed by atoms with Gasteiger partial charge in [0.2, 0.25) is 0 Å². The van der Waals surface area contributed by atoms with Crippen molar-refractivity contribution < 1.29 is 14.7 Å². The number of carboxylic acid groups (broad SMARTS) is 1. The fourth-order valence-electron chi connectivity index (χ4n) is 0.942. The molecule has 1 fully saturated rings. The fourth-order valence-corrected chi connectivity index (χ4v) is 1.09. The second kappa shape index (κ2) is 8.82. The summed E-state index contributed by atoms with van der Waals surface area (Å²) >= 11 is 0.419. The summed E-state index contributed by atoms with van der Waals surface area (Å²) in [5.74, 6) is 0.420. The molecular formula is C8H12N4O3S. The summed E-state index contributed by atoms with van der Waals surface area (Å²) in [6.07, 6.45) is 0.125. The predicted octanol–water partition coefficient (Wildman–Crippen LogP) is 1.53. The number of hydrogen-bond acceptors (Lipinski definition) is 6. The van der Waals surface area contributed by atoms with E-state index in [1.54, 1.807) is 0 Å². The van der Waals surface area contributed by atoms with Crippen molar-refractivity contribution in [2.24, 2.45) is 9.63 Å². The van der Waals surface area contributed by atoms with Crippen molar-refractivity contribution in [1.82, 2.24) is 4.90 Å². The van der Waals surface area contributed by atoms with Crippen molar-refractivity contribution >= 4 is 23.8 Å². The number of nitrogens with zero attached hydrogens (tertiary/aromatic N) is 4. The van der Waals surface area contributed by atoms with E-state index in [0.29, 0.717) is 17.7 Å². The van der Waals surface area contributed by atoms with E-state index < -0.39 is 6.09 Å². The Morgan fingerprint density at radius 1 is 1.56 bits per heavy atom. The zero-order chi connectivity index (χ0) is 12.4. The summed E-state index contributed by atoms with van der Waals surface area (Å²) in [7, 11) is 2.05. The smallest absolute Gasteiger partial charge is 0.450 e. The molecule has 1 saturated heterocycles. The van der Waals surface area contributed by atoms with Gasteiger partial charge in [0, 0.05) is 25.9 Å². The Kier molecular flexibility index (Phi) is 8.01. The fraction of sp³-hybridized carbons (Fsp3) is 0.625. The second-order valence-corrected chi connectivity index (χ2v) is 3.52. The molecule has 7 nitrogen and oxygen atoms in total. The molecule has 0 radical (unpaired) electrons. The van der Waals surface area contributed by atoms with Gasteiger partial charge in [0.1, 0.15) is 17.7 Å². The maximum absolute atomic E-state index is 10.6. The molecule has 0 atom stereocenters. The summed E-state index contributed by atoms with van der Waals surface area (Å²) in [4.78, 5) is 22.3. The summed E-state index contributed by atoms with van der Waals surface area (Å²) in [6.45, 7) is 1.91. The molecule has 0 aromatic carbocycles. The largest absolute Gasteiger partial charge is 0.462 e. The molecule has 0 unspecified atom stereocenters. The molecule has 0 aliphatic carbocycles. The zero-order valence-electron chi connectivity index (χ0n) is 8.79. The van der Waals surface area contributed by atoms with Crippen LogP contribution in [0.15, 0.2) is 9.63 Å². The van der Waals surface area contributed by atoms with Gasteiger partial charge in [-0.2, -0.15) is 5.26 Å². The van der Waals surface area contributed by atoms with Gasteiger partial charge in [0.05, 0.1) is 0 Å². The molecule has 0 spiro atoms. The van der Waals surface area contributed by atoms with Crippen LogP contribution in [0.25, 0.3) is 0 Å². The molecule has 0 aromatic rings. The standard InChI is InChI=1S/C6H11NO.C2HN3O2S/c1-7-4-2-6(8)3-5-7;3-1-8-5-4-2(6)7/h2-5H2,1H3;(H,6,7). The van der Waals surface area contributed by atoms with Crippen LogP contribution in [0.4, 0.5) is 4.79 Å². The maximum atomic E-state index is 10.6. The summed E-state index contributed by atoms with van der Waals surface area (Å²) < 4.78 is 2.87. The van der Waals surface area contributed by atoms with Crippen LogP contribution in [0.3, 0.4) is 0 Å². The number of nitriles is 1. The molecular weight excluding hydrogens is 232 g/mol. The number of ketones is 1. The first-order valence-electron chi connectivity index (χ1n) is 4.45. The van der Waals surface area contributed by atoms with Gasteiger partial charge in [-0.15, -0.1) is 0 Å². The SMILES string of the molecule is CN1CCC(=O)CC1.N#CSN=NC(=O)O. The van der Waals surface area contributed by atoms with Crippen molar-refractivity contribution in [3.05, 3.63) is 0 Å². The Morgan fingerprint density at radius 3 is 2.50 bits per heavy atom. The highest BCUT2D eigenvalue weighted by Crippen LogP contribution is 2.01. The number of carbonyl (C=O) groups is 2. The average molecular weight is 244 g/mol. The maximum Gasteiger partial charge on any atom is 0.450 e. The number of likely N-dealkylation sites (tertiary alicyclic amines) is 1. The van der Waals surface area contributed by atoms with Crippen molar-refractivity contribution in [1.29, 1.82) is 5.26 Å². The summed E-state index contributed by atoms with van der Waals surface area (Å²) in [5.41, 5.74) is 0. The van der Waals surface area contributed by atoms with Crippen LogP contribution in [-0.4, -0.2) is 42.0 Å². The van der Waals surface area contributed by atoms with E-state index in [-0.39, 0.29) is 0 Å². The van der Waals surface area contributed by atoms with E-state index >= 15 is 0 Å². The summed E-state index contributed by atoms with van der Waals surface area (Å²) in [5, 5.41) is 19.6. The van der Waals surface area contributed by atoms with Crippen molar-refractivity contribution in [3.63, 3.8) is 0 Å². The normalized spacial score (nSPS) is 16.4. The highest BCUT2D eigenvalue weighted by atomic mass is 32.2. The van der Waals surface area contributed by atoms with E-state index in [9.17, 15) is 9.59 Å². The zero-order valence-corrected chi connectivity index (χ0v) is 9.61. The number of amides is 1. The molecule has 1 aliphatic heterocycles. The third kappa shape index (κ3) is 9.11. The van der Waals surface area contributed by atoms with Gasteiger partial charge in [-0.1, -0.05) is 9.63 Å². The van der Waals surface area contributed by atoms with Gasteiger partial charge >= 0.3 is 6.09 Å². The molecule has 8 heteroatoms. The number of hydrogen-bond donors (Lipinski definition) is 1. The average Bonchev–Trinajstić information content (AvgIpc) is 2.23. The van der Waals surface area contributed by atoms with Gasteiger partial charge in [0.25, 0.3) is 0 Å². The van der Waals surface area contributed by atoms with E-state index in [1.807, 2.05) is 7.05 Å². The molecule has 0 bridgehead atoms. The van der Waals surface area contributed by atoms with Crippen molar-refractivity contribution in [2.45, 2.75) is 12.8 Å². The van der Waals surface area contributed by atoms with Gasteiger partial charge < -0.3 is 10.0 Å². The lowest BCUT2D eigenvalue weighted by molar-refractivity contribution is -0.121. The Balaban J connectivity index is 0.000000281. The van der Waals surface area contributed by atoms with Crippen LogP contribution in [0.2, 0.25) is 0 Å². The van der Waals surface area contributed by atoms with Crippen LogP contribution in [0.5, 0.6) is 0 Å². The van der Waals surface area contributed by atoms with Gasteiger partial charge in [-0.25, -0.2) is 4.79 Å². The van der Waals surface area contributed by atoms with Gasteiger partial charge in [-0.3, -0.25) is 4.79 Å². The first-order valence-corrected chi connectivity index (χ1v) is 5.23. The summed E-state index contributed by atoms with van der Waals surface area (Å²) in [6, 6.07) is 0. The van der Waals surface area contributed by atoms with Crippen molar-refractivity contribution in [3.8, 4) is 5.40 Å². The molecule has 1 heterocycles. The van der Waals surface area contributed by atoms with E-state index in [2.05, 4.69) is 14.5 Å². The number of carbonyl (C=O) groups excluding carboxylic acids is 1. The Morgan fingerprint density at radius 2 is 2.12 bits per heavy atom. The Labute approximate surface area is 97.3 Å². The predicted molar refractivity (Wildman–Crippen MR) is 57.8 cm³/mol. The van der Waals surface area contributed by atoms with E-state index in [0.717, 1.165) is 25.9 Å². The minimum absolute atomic E-state index is 0.419. The first kappa shape index (κ1) is 14.5. The third-order valence-electron chi connectivity index (χ3n) is 1.75. The first-order chi connectivity index (χ1) is 7.56. The highest BCUT2D eigenvalue weighted by Gasteiger charge is 2.10. The molecule has 1 N–H and O–H groups in total. The van der Waals surface area contributed by atoms with Crippen molar-refractivity contribution in [2.75, 3.05) is 20.1 Å². The number of rotatable bonds is 1. The Hall–Kier alpha value is -1.46. The molecule has 1 amide bonds.